The van der Waals surface area contributed by atoms with Gasteiger partial charge in [-0.1, -0.05) is 49.6 Å². The highest BCUT2D eigenvalue weighted by Crippen LogP contribution is 2.28. The van der Waals surface area contributed by atoms with E-state index in [0.717, 1.165) is 31.2 Å². The molecule has 0 N–H and O–H groups in total. The van der Waals surface area contributed by atoms with Crippen LogP contribution in [-0.2, 0) is 20.7 Å². The summed E-state index contributed by atoms with van der Waals surface area (Å²) < 4.78 is 5.13. The summed E-state index contributed by atoms with van der Waals surface area (Å²) in [5, 5.41) is 0. The summed E-state index contributed by atoms with van der Waals surface area (Å²) in [7, 11) is 0. The smallest absolute Gasteiger partial charge is 0.316 e. The summed E-state index contributed by atoms with van der Waals surface area (Å²) in [6.45, 7) is 2.10. The molecule has 0 bridgehead atoms. The Morgan fingerprint density at radius 2 is 1.81 bits per heavy atom. The third-order valence-electron chi connectivity index (χ3n) is 4.20. The van der Waals surface area contributed by atoms with Crippen molar-refractivity contribution in [1.82, 2.24) is 0 Å². The summed E-state index contributed by atoms with van der Waals surface area (Å²) in [6.07, 6.45) is 5.68. The van der Waals surface area contributed by atoms with Gasteiger partial charge >= 0.3 is 5.97 Å². The number of hydrogen-bond acceptors (Lipinski definition) is 3. The van der Waals surface area contributed by atoms with Crippen molar-refractivity contribution in [1.29, 1.82) is 0 Å². The Kier molecular flexibility index (Phi) is 5.97. The molecule has 0 spiro atoms. The van der Waals surface area contributed by atoms with Gasteiger partial charge < -0.3 is 4.74 Å². The zero-order chi connectivity index (χ0) is 15.1. The molecule has 0 unspecified atom stereocenters. The number of ketones is 1. The van der Waals surface area contributed by atoms with Gasteiger partial charge in [0.15, 0.2) is 5.78 Å². The molecule has 1 saturated carbocycles. The van der Waals surface area contributed by atoms with Crippen molar-refractivity contribution < 1.29 is 14.3 Å². The summed E-state index contributed by atoms with van der Waals surface area (Å²) >= 11 is 0. The number of benzene rings is 1. The first-order chi connectivity index (χ1) is 10.2. The van der Waals surface area contributed by atoms with Gasteiger partial charge in [-0.15, -0.1) is 0 Å². The fourth-order valence-electron chi connectivity index (χ4n) is 3.06. The second kappa shape index (κ2) is 7.96. The van der Waals surface area contributed by atoms with Crippen LogP contribution in [0.15, 0.2) is 30.3 Å². The lowest BCUT2D eigenvalue weighted by molar-refractivity contribution is -0.152. The molecule has 0 saturated heterocycles. The van der Waals surface area contributed by atoms with Crippen molar-refractivity contribution in [2.75, 3.05) is 6.61 Å². The highest BCUT2D eigenvalue weighted by atomic mass is 16.5. The molecule has 1 aliphatic carbocycles. The minimum absolute atomic E-state index is 0.0388. The second-order valence-electron chi connectivity index (χ2n) is 5.73. The molecule has 3 nitrogen and oxygen atoms in total. The van der Waals surface area contributed by atoms with Crippen molar-refractivity contribution in [2.45, 2.75) is 45.4 Å². The molecule has 0 amide bonds. The molecule has 0 radical (unpaired) electrons. The fourth-order valence-corrected chi connectivity index (χ4v) is 3.06. The molecule has 21 heavy (non-hydrogen) atoms. The van der Waals surface area contributed by atoms with Gasteiger partial charge in [-0.25, -0.2) is 0 Å². The topological polar surface area (TPSA) is 43.4 Å². The number of ether oxygens (including phenoxy) is 1. The Labute approximate surface area is 126 Å². The second-order valence-corrected chi connectivity index (χ2v) is 5.73. The third kappa shape index (κ3) is 4.42. The van der Waals surface area contributed by atoms with Crippen LogP contribution in [-0.4, -0.2) is 18.4 Å². The highest BCUT2D eigenvalue weighted by Gasteiger charge is 2.33. The van der Waals surface area contributed by atoms with E-state index in [9.17, 15) is 9.59 Å². The van der Waals surface area contributed by atoms with Gasteiger partial charge in [-0.05, 0) is 31.7 Å². The monoisotopic (exact) mass is 288 g/mol. The van der Waals surface area contributed by atoms with Gasteiger partial charge in [0.25, 0.3) is 0 Å². The number of rotatable bonds is 6. The van der Waals surface area contributed by atoms with Crippen LogP contribution in [0.3, 0.4) is 0 Å². The van der Waals surface area contributed by atoms with Crippen LogP contribution >= 0.6 is 0 Å². The van der Waals surface area contributed by atoms with Gasteiger partial charge in [0.1, 0.15) is 5.92 Å². The summed E-state index contributed by atoms with van der Waals surface area (Å²) in [6, 6.07) is 9.72. The van der Waals surface area contributed by atoms with Crippen molar-refractivity contribution >= 4 is 11.8 Å². The maximum absolute atomic E-state index is 12.7. The van der Waals surface area contributed by atoms with Gasteiger partial charge in [-0.3, -0.25) is 9.59 Å². The Morgan fingerprint density at radius 1 is 1.14 bits per heavy atom. The molecule has 1 aromatic carbocycles. The molecule has 1 fully saturated rings. The standard InChI is InChI=1S/C18H24O3/c1-2-21-18(20)16(13-14-9-5-3-6-10-14)17(19)15-11-7-4-8-12-15/h3,5-6,9-10,15-16H,2,4,7-8,11-13H2,1H3/t16-/m1/s1. The number of carbonyl (C=O) groups excluding carboxylic acids is 2. The van der Waals surface area contributed by atoms with Crippen LogP contribution in [0.2, 0.25) is 0 Å². The van der Waals surface area contributed by atoms with E-state index in [-0.39, 0.29) is 17.7 Å². The summed E-state index contributed by atoms with van der Waals surface area (Å²) in [5.41, 5.74) is 1.01. The highest BCUT2D eigenvalue weighted by molar-refractivity contribution is 6.00. The van der Waals surface area contributed by atoms with E-state index >= 15 is 0 Å². The lowest BCUT2D eigenvalue weighted by Crippen LogP contribution is -2.34. The van der Waals surface area contributed by atoms with E-state index < -0.39 is 5.92 Å². The van der Waals surface area contributed by atoms with Gasteiger partial charge in [0.05, 0.1) is 6.61 Å². The van der Waals surface area contributed by atoms with Crippen molar-refractivity contribution in [3.63, 3.8) is 0 Å². The lowest BCUT2D eigenvalue weighted by Gasteiger charge is -2.24. The van der Waals surface area contributed by atoms with E-state index in [1.165, 1.54) is 6.42 Å². The molecule has 1 aromatic rings. The molecule has 0 heterocycles. The van der Waals surface area contributed by atoms with E-state index in [1.54, 1.807) is 6.92 Å². The van der Waals surface area contributed by atoms with Crippen molar-refractivity contribution in [3.8, 4) is 0 Å². The minimum Gasteiger partial charge on any atom is -0.465 e. The zero-order valence-electron chi connectivity index (χ0n) is 12.7. The van der Waals surface area contributed by atoms with Crippen LogP contribution in [0.1, 0.15) is 44.6 Å². The molecular weight excluding hydrogens is 264 g/mol. The fraction of sp³-hybridized carbons (Fsp3) is 0.556. The molecule has 1 atom stereocenters. The van der Waals surface area contributed by atoms with Crippen LogP contribution in [0.4, 0.5) is 0 Å². The van der Waals surface area contributed by atoms with Crippen LogP contribution in [0.25, 0.3) is 0 Å². The van der Waals surface area contributed by atoms with Crippen LogP contribution in [0.5, 0.6) is 0 Å². The van der Waals surface area contributed by atoms with Gasteiger partial charge in [0, 0.05) is 5.92 Å². The number of esters is 1. The first-order valence-corrected chi connectivity index (χ1v) is 7.96. The van der Waals surface area contributed by atoms with E-state index in [4.69, 9.17) is 4.74 Å². The van der Waals surface area contributed by atoms with Gasteiger partial charge in [0.2, 0.25) is 0 Å². The Hall–Kier alpha value is -1.64. The van der Waals surface area contributed by atoms with E-state index in [0.29, 0.717) is 13.0 Å². The van der Waals surface area contributed by atoms with Crippen molar-refractivity contribution in [3.05, 3.63) is 35.9 Å². The Bertz CT molecular complexity index is 461. The molecule has 3 heteroatoms. The minimum atomic E-state index is -0.643. The molecule has 0 aliphatic heterocycles. The van der Waals surface area contributed by atoms with Crippen molar-refractivity contribution in [2.24, 2.45) is 11.8 Å². The third-order valence-corrected chi connectivity index (χ3v) is 4.20. The predicted octanol–water partition coefficient (Wildman–Crippen LogP) is 3.56. The SMILES string of the molecule is CCOC(=O)[C@H](Cc1ccccc1)C(=O)C1CCCCC1. The number of Topliss-reactive ketones (excluding diaryl/α,β-unsaturated/α-hetero) is 1. The lowest BCUT2D eigenvalue weighted by atomic mass is 9.80. The largest absolute Gasteiger partial charge is 0.465 e. The maximum Gasteiger partial charge on any atom is 0.316 e. The quantitative estimate of drug-likeness (QED) is 0.594. The number of carbonyl (C=O) groups is 2. The summed E-state index contributed by atoms with van der Waals surface area (Å²) in [4.78, 5) is 24.9. The molecular formula is C18H24O3. The Morgan fingerprint density at radius 3 is 2.43 bits per heavy atom. The first-order valence-electron chi connectivity index (χ1n) is 7.96. The number of hydrogen-bond donors (Lipinski definition) is 0. The average Bonchev–Trinajstić information content (AvgIpc) is 2.54. The molecule has 2 rings (SSSR count). The molecule has 114 valence electrons. The Balaban J connectivity index is 2.10. The summed E-state index contributed by atoms with van der Waals surface area (Å²) in [5.74, 6) is -0.888. The van der Waals surface area contributed by atoms with E-state index in [1.807, 2.05) is 30.3 Å². The molecule has 1 aliphatic rings. The molecule has 0 aromatic heterocycles. The first kappa shape index (κ1) is 15.7. The van der Waals surface area contributed by atoms with E-state index in [2.05, 4.69) is 0 Å². The van der Waals surface area contributed by atoms with Gasteiger partial charge in [-0.2, -0.15) is 0 Å². The maximum atomic E-state index is 12.7. The predicted molar refractivity (Wildman–Crippen MR) is 81.9 cm³/mol. The van der Waals surface area contributed by atoms with Crippen LogP contribution in [0, 0.1) is 11.8 Å². The zero-order valence-corrected chi connectivity index (χ0v) is 12.7. The normalized spacial score (nSPS) is 17.2. The average molecular weight is 288 g/mol. The van der Waals surface area contributed by atoms with Crippen LogP contribution < -0.4 is 0 Å².